The van der Waals surface area contributed by atoms with Crippen LogP contribution in [0.5, 0.6) is 0 Å². The van der Waals surface area contributed by atoms with Crippen LogP contribution < -0.4 is 33.6 Å². The van der Waals surface area contributed by atoms with Crippen LogP contribution in [0.4, 0.5) is 14.4 Å². The Balaban J connectivity index is 4.55. The van der Waals surface area contributed by atoms with Gasteiger partial charge in [-0.3, -0.25) is 0 Å². The molecule has 0 aliphatic rings. The normalized spacial score (nSPS) is 12.5. The molecule has 0 heterocycles. The maximum atomic E-state index is 12.1. The summed E-state index contributed by atoms with van der Waals surface area (Å²) in [6.45, 7) is 1.22. The summed E-state index contributed by atoms with van der Waals surface area (Å²) in [6.07, 6.45) is 1.87. The maximum Gasteiger partial charge on any atom is 0.407 e. The smallest absolute Gasteiger partial charge is 0.407 e. The first kappa shape index (κ1) is 26.7. The summed E-state index contributed by atoms with van der Waals surface area (Å²) in [5, 5.41) is 5.27. The number of hydrogen-bond donors (Lipinski definition) is 6. The monoisotopic (exact) mass is 420 g/mol. The van der Waals surface area contributed by atoms with Gasteiger partial charge in [0.05, 0.1) is 12.1 Å². The van der Waals surface area contributed by atoms with E-state index in [4.69, 9.17) is 37.1 Å². The van der Waals surface area contributed by atoms with Gasteiger partial charge in [0.25, 0.3) is 0 Å². The molecule has 1 unspecified atom stereocenters. The number of carbonyl (C=O) groups is 3. The van der Waals surface area contributed by atoms with Crippen molar-refractivity contribution in [2.75, 3.05) is 39.5 Å². The Kier molecular flexibility index (Phi) is 16.4. The molecule has 0 saturated heterocycles. The molecule has 2 atom stereocenters. The van der Waals surface area contributed by atoms with E-state index in [0.717, 1.165) is 25.7 Å². The Labute approximate surface area is 171 Å². The second-order valence-electron chi connectivity index (χ2n) is 6.40. The molecule has 0 radical (unpaired) electrons. The average Bonchev–Trinajstić information content (AvgIpc) is 2.68. The van der Waals surface area contributed by atoms with Crippen molar-refractivity contribution in [1.82, 2.24) is 10.6 Å². The second kappa shape index (κ2) is 17.8. The predicted molar refractivity (Wildman–Crippen MR) is 107 cm³/mol. The molecule has 0 aromatic heterocycles. The van der Waals surface area contributed by atoms with Gasteiger partial charge in [-0.25, -0.2) is 14.4 Å². The van der Waals surface area contributed by atoms with Gasteiger partial charge in [0.15, 0.2) is 0 Å². The lowest BCUT2D eigenvalue weighted by molar-refractivity contribution is 0.107. The third kappa shape index (κ3) is 16.4. The number of unbranched alkanes of at least 4 members (excludes halogenated alkanes) is 2. The van der Waals surface area contributed by atoms with Gasteiger partial charge in [-0.05, 0) is 38.8 Å². The summed E-state index contributed by atoms with van der Waals surface area (Å²) in [5.41, 5.74) is 21.2. The van der Waals surface area contributed by atoms with Gasteiger partial charge in [-0.1, -0.05) is 12.8 Å². The summed E-state index contributed by atoms with van der Waals surface area (Å²) < 4.78 is 14.9. The molecule has 10 N–H and O–H groups in total. The van der Waals surface area contributed by atoms with Crippen molar-refractivity contribution in [3.05, 3.63) is 0 Å². The molecule has 12 heteroatoms. The Morgan fingerprint density at radius 2 is 1.17 bits per heavy atom. The molecule has 0 aromatic rings. The highest BCUT2D eigenvalue weighted by atomic mass is 16.6. The minimum Gasteiger partial charge on any atom is -0.448 e. The van der Waals surface area contributed by atoms with Crippen molar-refractivity contribution in [2.24, 2.45) is 22.9 Å². The molecule has 0 aliphatic heterocycles. The molecular weight excluding hydrogens is 384 g/mol. The van der Waals surface area contributed by atoms with E-state index in [1.54, 1.807) is 0 Å². The van der Waals surface area contributed by atoms with Gasteiger partial charge in [0, 0.05) is 6.54 Å². The summed E-state index contributed by atoms with van der Waals surface area (Å²) >= 11 is 0. The van der Waals surface area contributed by atoms with Crippen LogP contribution in [0.1, 0.15) is 38.5 Å². The Hall–Kier alpha value is -2.31. The zero-order valence-corrected chi connectivity index (χ0v) is 16.9. The quantitative estimate of drug-likeness (QED) is 0.140. The molecular formula is C17H36N6O6. The molecule has 0 bridgehead atoms. The van der Waals surface area contributed by atoms with Gasteiger partial charge >= 0.3 is 18.3 Å². The molecule has 0 aromatic carbocycles. The van der Waals surface area contributed by atoms with Gasteiger partial charge in [0.1, 0.15) is 19.8 Å². The lowest BCUT2D eigenvalue weighted by Gasteiger charge is -2.21. The molecule has 170 valence electrons. The first-order chi connectivity index (χ1) is 13.9. The fraction of sp³-hybridized carbons (Fsp3) is 0.824. The van der Waals surface area contributed by atoms with Crippen molar-refractivity contribution < 1.29 is 28.6 Å². The first-order valence-electron chi connectivity index (χ1n) is 9.81. The number of nitrogens with two attached hydrogens (primary N) is 4. The fourth-order valence-corrected chi connectivity index (χ4v) is 2.39. The number of ether oxygens (including phenoxy) is 3. The van der Waals surface area contributed by atoms with E-state index in [9.17, 15) is 14.4 Å². The standard InChI is InChI=1S/C17H36N6O6/c18-7-3-1-5-13(11-28-15(21)24)23-17(26)29-12-14(6-2-4-8-19)22-16(25)27-10-9-20/h13-14H,1-12,18-20H2,(H2,21,24)(H,22,25)(H,23,26)/t13?,14-/m0/s1. The highest BCUT2D eigenvalue weighted by Crippen LogP contribution is 2.04. The molecule has 0 spiro atoms. The van der Waals surface area contributed by atoms with Crippen molar-refractivity contribution in [2.45, 2.75) is 50.6 Å². The van der Waals surface area contributed by atoms with Crippen LogP contribution in [0.3, 0.4) is 0 Å². The van der Waals surface area contributed by atoms with Crippen molar-refractivity contribution in [1.29, 1.82) is 0 Å². The SMILES string of the molecule is NCCCCC(COC(N)=O)NC(=O)OC[C@H](CCCCN)NC(=O)OCCN. The van der Waals surface area contributed by atoms with Crippen molar-refractivity contribution in [3.63, 3.8) is 0 Å². The van der Waals surface area contributed by atoms with E-state index in [-0.39, 0.29) is 26.4 Å². The Morgan fingerprint density at radius 3 is 1.62 bits per heavy atom. The van der Waals surface area contributed by atoms with Crippen LogP contribution in [0, 0.1) is 0 Å². The number of primary amides is 1. The number of amides is 3. The second-order valence-corrected chi connectivity index (χ2v) is 6.40. The van der Waals surface area contributed by atoms with Crippen LogP contribution in [0.25, 0.3) is 0 Å². The minimum absolute atomic E-state index is 0.0552. The molecule has 0 saturated carbocycles. The topological polar surface area (TPSA) is 207 Å². The number of carbonyl (C=O) groups excluding carboxylic acids is 3. The van der Waals surface area contributed by atoms with E-state index < -0.39 is 30.4 Å². The highest BCUT2D eigenvalue weighted by molar-refractivity contribution is 5.69. The van der Waals surface area contributed by atoms with Crippen molar-refractivity contribution in [3.8, 4) is 0 Å². The molecule has 12 nitrogen and oxygen atoms in total. The minimum atomic E-state index is -0.927. The molecule has 0 aliphatic carbocycles. The molecule has 3 amide bonds. The number of nitrogens with one attached hydrogen (secondary N) is 2. The van der Waals surface area contributed by atoms with Crippen molar-refractivity contribution >= 4 is 18.3 Å². The summed E-state index contributed by atoms with van der Waals surface area (Å²) in [6, 6.07) is -0.894. The van der Waals surface area contributed by atoms with Crippen LogP contribution in [0.2, 0.25) is 0 Å². The maximum absolute atomic E-state index is 12.1. The van der Waals surface area contributed by atoms with Crippen LogP contribution in [-0.4, -0.2) is 69.8 Å². The van der Waals surface area contributed by atoms with E-state index in [1.807, 2.05) is 0 Å². The third-order valence-corrected chi connectivity index (χ3v) is 3.85. The van der Waals surface area contributed by atoms with E-state index in [1.165, 1.54) is 0 Å². The third-order valence-electron chi connectivity index (χ3n) is 3.85. The van der Waals surface area contributed by atoms with E-state index in [2.05, 4.69) is 10.6 Å². The Morgan fingerprint density at radius 1 is 0.690 bits per heavy atom. The van der Waals surface area contributed by atoms with E-state index >= 15 is 0 Å². The van der Waals surface area contributed by atoms with E-state index in [0.29, 0.717) is 25.9 Å². The highest BCUT2D eigenvalue weighted by Gasteiger charge is 2.18. The molecule has 0 rings (SSSR count). The van der Waals surface area contributed by atoms with Gasteiger partial charge in [-0.2, -0.15) is 0 Å². The van der Waals surface area contributed by atoms with Gasteiger partial charge in [0.2, 0.25) is 0 Å². The van der Waals surface area contributed by atoms with Crippen LogP contribution in [-0.2, 0) is 14.2 Å². The largest absolute Gasteiger partial charge is 0.448 e. The average molecular weight is 421 g/mol. The lowest BCUT2D eigenvalue weighted by Crippen LogP contribution is -2.43. The number of rotatable bonds is 16. The summed E-state index contributed by atoms with van der Waals surface area (Å²) in [5.74, 6) is 0. The number of hydrogen-bond acceptors (Lipinski definition) is 9. The Bertz CT molecular complexity index is 468. The zero-order valence-electron chi connectivity index (χ0n) is 16.9. The fourth-order valence-electron chi connectivity index (χ4n) is 2.39. The van der Waals surface area contributed by atoms with Gasteiger partial charge < -0.3 is 47.8 Å². The van der Waals surface area contributed by atoms with Crippen LogP contribution in [0.15, 0.2) is 0 Å². The number of alkyl carbamates (subject to hydrolysis) is 2. The lowest BCUT2D eigenvalue weighted by atomic mass is 10.1. The summed E-state index contributed by atoms with van der Waals surface area (Å²) in [4.78, 5) is 34.6. The predicted octanol–water partition coefficient (Wildman–Crippen LogP) is -0.512. The first-order valence-corrected chi connectivity index (χ1v) is 9.81. The summed E-state index contributed by atoms with van der Waals surface area (Å²) in [7, 11) is 0. The zero-order chi connectivity index (χ0) is 21.9. The van der Waals surface area contributed by atoms with Gasteiger partial charge in [-0.15, -0.1) is 0 Å². The van der Waals surface area contributed by atoms with Crippen LogP contribution >= 0.6 is 0 Å². The molecule has 29 heavy (non-hydrogen) atoms. The molecule has 0 fully saturated rings.